The molecule has 0 saturated carbocycles. The minimum Gasteiger partial charge on any atom is -0.341 e. The third kappa shape index (κ3) is 2.46. The number of para-hydroxylation sites is 1. The molecule has 5 heteroatoms. The molecule has 3 rings (SSSR count). The number of hydrogen-bond acceptors (Lipinski definition) is 3. The molecule has 1 saturated heterocycles. The third-order valence-electron chi connectivity index (χ3n) is 3.68. The fourth-order valence-corrected chi connectivity index (χ4v) is 2.65. The molecule has 19 heavy (non-hydrogen) atoms. The van der Waals surface area contributed by atoms with Crippen LogP contribution in [0.15, 0.2) is 24.3 Å². The highest BCUT2D eigenvalue weighted by Crippen LogP contribution is 2.17. The van der Waals surface area contributed by atoms with Gasteiger partial charge in [0, 0.05) is 24.5 Å². The summed E-state index contributed by atoms with van der Waals surface area (Å²) in [4.78, 5) is 14.1. The van der Waals surface area contributed by atoms with Gasteiger partial charge < -0.3 is 10.6 Å². The summed E-state index contributed by atoms with van der Waals surface area (Å²) < 4.78 is 0. The minimum absolute atomic E-state index is 0.121. The van der Waals surface area contributed by atoms with Gasteiger partial charge in [-0.25, -0.2) is 0 Å². The van der Waals surface area contributed by atoms with Crippen LogP contribution >= 0.6 is 0 Å². The maximum absolute atomic E-state index is 12.3. The highest BCUT2D eigenvalue weighted by molar-refractivity contribution is 5.87. The summed E-state index contributed by atoms with van der Waals surface area (Å²) in [7, 11) is 0. The summed E-state index contributed by atoms with van der Waals surface area (Å²) in [5.74, 6) is 0.129. The zero-order valence-electron chi connectivity index (χ0n) is 10.8. The lowest BCUT2D eigenvalue weighted by Crippen LogP contribution is -2.46. The number of fused-ring (bicyclic) bond motifs is 1. The number of nitrogens with one attached hydrogen (secondary N) is 1. The van der Waals surface area contributed by atoms with E-state index in [0.29, 0.717) is 13.0 Å². The van der Waals surface area contributed by atoms with Gasteiger partial charge in [0.05, 0.1) is 17.6 Å². The minimum atomic E-state index is 0.121. The van der Waals surface area contributed by atoms with E-state index >= 15 is 0 Å². The van der Waals surface area contributed by atoms with Crippen molar-refractivity contribution in [2.75, 3.05) is 13.1 Å². The first-order valence-corrected chi connectivity index (χ1v) is 6.69. The Balaban J connectivity index is 1.75. The van der Waals surface area contributed by atoms with Crippen LogP contribution in [-0.4, -0.2) is 40.1 Å². The number of aromatic amines is 1. The zero-order valence-corrected chi connectivity index (χ0v) is 10.8. The van der Waals surface area contributed by atoms with Crippen LogP contribution in [0.4, 0.5) is 0 Å². The molecule has 0 spiro atoms. The standard InChI is InChI=1S/C14H18N4O/c15-10-4-3-7-18(9-10)14(19)8-13-11-5-1-2-6-12(11)16-17-13/h1-2,5-6,10H,3-4,7-9,15H2,(H,16,17). The molecule has 1 aliphatic heterocycles. The Morgan fingerprint density at radius 2 is 2.32 bits per heavy atom. The van der Waals surface area contributed by atoms with Gasteiger partial charge in [0.2, 0.25) is 5.91 Å². The predicted octanol–water partition coefficient (Wildman–Crippen LogP) is 1.06. The molecule has 2 heterocycles. The van der Waals surface area contributed by atoms with Gasteiger partial charge in [-0.15, -0.1) is 0 Å². The van der Waals surface area contributed by atoms with Gasteiger partial charge in [-0.3, -0.25) is 9.89 Å². The van der Waals surface area contributed by atoms with Crippen LogP contribution in [0.2, 0.25) is 0 Å². The van der Waals surface area contributed by atoms with Gasteiger partial charge in [0.15, 0.2) is 0 Å². The second-order valence-electron chi connectivity index (χ2n) is 5.14. The number of carbonyl (C=O) groups excluding carboxylic acids is 1. The normalized spacial score (nSPS) is 19.8. The Morgan fingerprint density at radius 1 is 1.47 bits per heavy atom. The van der Waals surface area contributed by atoms with Crippen LogP contribution in [0.25, 0.3) is 10.9 Å². The van der Waals surface area contributed by atoms with Crippen LogP contribution in [0.1, 0.15) is 18.5 Å². The number of hydrogen-bond donors (Lipinski definition) is 2. The van der Waals surface area contributed by atoms with Gasteiger partial charge in [0.25, 0.3) is 0 Å². The molecule has 0 aliphatic carbocycles. The van der Waals surface area contributed by atoms with Crippen molar-refractivity contribution in [3.63, 3.8) is 0 Å². The molecule has 0 bridgehead atoms. The fourth-order valence-electron chi connectivity index (χ4n) is 2.65. The van der Waals surface area contributed by atoms with E-state index in [1.807, 2.05) is 29.2 Å². The molecule has 1 atom stereocenters. The molecule has 100 valence electrons. The van der Waals surface area contributed by atoms with Crippen molar-refractivity contribution in [2.24, 2.45) is 5.73 Å². The van der Waals surface area contributed by atoms with Crippen LogP contribution < -0.4 is 5.73 Å². The molecule has 1 aromatic carbocycles. The van der Waals surface area contributed by atoms with Gasteiger partial charge >= 0.3 is 0 Å². The number of H-pyrrole nitrogens is 1. The molecule has 1 unspecified atom stereocenters. The average molecular weight is 258 g/mol. The fraction of sp³-hybridized carbons (Fsp3) is 0.429. The topological polar surface area (TPSA) is 75.0 Å². The van der Waals surface area contributed by atoms with Crippen LogP contribution in [0.3, 0.4) is 0 Å². The van der Waals surface area contributed by atoms with E-state index in [9.17, 15) is 4.79 Å². The highest BCUT2D eigenvalue weighted by atomic mass is 16.2. The second kappa shape index (κ2) is 5.01. The van der Waals surface area contributed by atoms with E-state index < -0.39 is 0 Å². The molecule has 1 aromatic heterocycles. The first kappa shape index (κ1) is 12.2. The number of nitrogens with two attached hydrogens (primary N) is 1. The number of piperidine rings is 1. The van der Waals surface area contributed by atoms with Crippen molar-refractivity contribution in [3.8, 4) is 0 Å². The summed E-state index contributed by atoms with van der Waals surface area (Å²) in [6.45, 7) is 1.49. The van der Waals surface area contributed by atoms with E-state index in [1.54, 1.807) is 0 Å². The van der Waals surface area contributed by atoms with E-state index in [4.69, 9.17) is 5.73 Å². The molecule has 1 aliphatic rings. The zero-order chi connectivity index (χ0) is 13.2. The molecular weight excluding hydrogens is 240 g/mol. The predicted molar refractivity (Wildman–Crippen MR) is 73.6 cm³/mol. The Bertz CT molecular complexity index is 592. The van der Waals surface area contributed by atoms with E-state index in [1.165, 1.54) is 0 Å². The Kier molecular flexibility index (Phi) is 3.21. The van der Waals surface area contributed by atoms with Gasteiger partial charge in [-0.05, 0) is 18.9 Å². The SMILES string of the molecule is NC1CCCN(C(=O)Cc2[nH]nc3ccccc23)C1. The number of likely N-dealkylation sites (tertiary alicyclic amines) is 1. The van der Waals surface area contributed by atoms with E-state index in [2.05, 4.69) is 10.2 Å². The Labute approximate surface area is 111 Å². The molecule has 5 nitrogen and oxygen atoms in total. The smallest absolute Gasteiger partial charge is 0.228 e. The van der Waals surface area contributed by atoms with Crippen molar-refractivity contribution >= 4 is 16.8 Å². The molecule has 2 aromatic rings. The number of benzene rings is 1. The summed E-state index contributed by atoms with van der Waals surface area (Å²) in [5.41, 5.74) is 7.70. The van der Waals surface area contributed by atoms with Gasteiger partial charge in [-0.2, -0.15) is 5.10 Å². The van der Waals surface area contributed by atoms with Crippen molar-refractivity contribution in [2.45, 2.75) is 25.3 Å². The number of carbonyl (C=O) groups is 1. The average Bonchev–Trinajstić information content (AvgIpc) is 2.82. The first-order chi connectivity index (χ1) is 9.24. The highest BCUT2D eigenvalue weighted by Gasteiger charge is 2.22. The summed E-state index contributed by atoms with van der Waals surface area (Å²) in [6.07, 6.45) is 2.38. The van der Waals surface area contributed by atoms with E-state index in [-0.39, 0.29) is 11.9 Å². The van der Waals surface area contributed by atoms with Crippen LogP contribution in [0, 0.1) is 0 Å². The summed E-state index contributed by atoms with van der Waals surface area (Å²) >= 11 is 0. The monoisotopic (exact) mass is 258 g/mol. The molecule has 1 fully saturated rings. The maximum atomic E-state index is 12.3. The largest absolute Gasteiger partial charge is 0.341 e. The van der Waals surface area contributed by atoms with Crippen LogP contribution in [-0.2, 0) is 11.2 Å². The van der Waals surface area contributed by atoms with Crippen molar-refractivity contribution in [1.82, 2.24) is 15.1 Å². The third-order valence-corrected chi connectivity index (χ3v) is 3.68. The summed E-state index contributed by atoms with van der Waals surface area (Å²) in [5, 5.41) is 8.20. The van der Waals surface area contributed by atoms with Crippen molar-refractivity contribution in [1.29, 1.82) is 0 Å². The number of nitrogens with zero attached hydrogens (tertiary/aromatic N) is 2. The lowest BCUT2D eigenvalue weighted by molar-refractivity contribution is -0.131. The van der Waals surface area contributed by atoms with Crippen LogP contribution in [0.5, 0.6) is 0 Å². The number of amides is 1. The molecular formula is C14H18N4O. The second-order valence-corrected chi connectivity index (χ2v) is 5.14. The van der Waals surface area contributed by atoms with Gasteiger partial charge in [-0.1, -0.05) is 18.2 Å². The Hall–Kier alpha value is -1.88. The van der Waals surface area contributed by atoms with Crippen molar-refractivity contribution < 1.29 is 4.79 Å². The summed E-state index contributed by atoms with van der Waals surface area (Å²) in [6, 6.07) is 7.96. The first-order valence-electron chi connectivity index (χ1n) is 6.69. The number of rotatable bonds is 2. The van der Waals surface area contributed by atoms with Gasteiger partial charge in [0.1, 0.15) is 0 Å². The Morgan fingerprint density at radius 3 is 3.16 bits per heavy atom. The number of aromatic nitrogens is 2. The van der Waals surface area contributed by atoms with Crippen molar-refractivity contribution in [3.05, 3.63) is 30.0 Å². The molecule has 0 radical (unpaired) electrons. The molecule has 1 amide bonds. The quantitative estimate of drug-likeness (QED) is 0.845. The molecule has 3 N–H and O–H groups in total. The van der Waals surface area contributed by atoms with E-state index in [0.717, 1.165) is 36.0 Å². The lowest BCUT2D eigenvalue weighted by atomic mass is 10.1. The maximum Gasteiger partial charge on any atom is 0.228 e. The lowest BCUT2D eigenvalue weighted by Gasteiger charge is -2.30.